The Kier molecular flexibility index (Phi) is 2.86. The van der Waals surface area contributed by atoms with Gasteiger partial charge in [0.25, 0.3) is 0 Å². The van der Waals surface area contributed by atoms with Gasteiger partial charge in [-0.25, -0.2) is 5.43 Å². The normalized spacial score (nSPS) is 34.4. The molecule has 0 spiro atoms. The first-order valence-electron chi connectivity index (χ1n) is 7.20. The van der Waals surface area contributed by atoms with E-state index in [1.54, 1.807) is 0 Å². The van der Waals surface area contributed by atoms with Gasteiger partial charge in [0, 0.05) is 12.0 Å². The second kappa shape index (κ2) is 4.27. The van der Waals surface area contributed by atoms with Gasteiger partial charge in [0.1, 0.15) is 0 Å². The summed E-state index contributed by atoms with van der Waals surface area (Å²) in [6.07, 6.45) is 4.06. The molecular weight excluding hydrogens is 220 g/mol. The summed E-state index contributed by atoms with van der Waals surface area (Å²) in [5.41, 5.74) is 5.27. The highest BCUT2D eigenvalue weighted by Crippen LogP contribution is 2.44. The van der Waals surface area contributed by atoms with Crippen molar-refractivity contribution in [3.05, 3.63) is 30.3 Å². The maximum Gasteiger partial charge on any atom is 0.0551 e. The Balaban J connectivity index is 1.89. The summed E-state index contributed by atoms with van der Waals surface area (Å²) in [6, 6.07) is 11.4. The fraction of sp³-hybridized carbons (Fsp3) is 0.625. The molecule has 0 radical (unpaired) electrons. The molecule has 98 valence electrons. The minimum absolute atomic E-state index is 0.214. The third-order valence-corrected chi connectivity index (χ3v) is 4.91. The van der Waals surface area contributed by atoms with Crippen molar-refractivity contribution in [1.82, 2.24) is 5.43 Å². The Morgan fingerprint density at radius 1 is 1.17 bits per heavy atom. The molecule has 0 amide bonds. The summed E-state index contributed by atoms with van der Waals surface area (Å²) < 4.78 is 0. The third kappa shape index (κ3) is 1.83. The van der Waals surface area contributed by atoms with Gasteiger partial charge in [0.2, 0.25) is 0 Å². The maximum atomic E-state index is 3.76. The molecule has 3 rings (SSSR count). The molecule has 1 aromatic rings. The first-order valence-corrected chi connectivity index (χ1v) is 7.20. The number of hydrazine groups is 1. The average molecular weight is 244 g/mol. The van der Waals surface area contributed by atoms with Crippen molar-refractivity contribution in [1.29, 1.82) is 0 Å². The molecule has 2 nitrogen and oxygen atoms in total. The van der Waals surface area contributed by atoms with E-state index in [2.05, 4.69) is 61.5 Å². The van der Waals surface area contributed by atoms with E-state index < -0.39 is 0 Å². The van der Waals surface area contributed by atoms with Crippen LogP contribution in [-0.4, -0.2) is 11.6 Å². The maximum absolute atomic E-state index is 3.76. The Morgan fingerprint density at radius 2 is 1.89 bits per heavy atom. The average Bonchev–Trinajstić information content (AvgIpc) is 2.61. The molecule has 1 heterocycles. The van der Waals surface area contributed by atoms with E-state index in [1.165, 1.54) is 24.9 Å². The molecule has 1 saturated heterocycles. The number of rotatable bonds is 1. The lowest BCUT2D eigenvalue weighted by Gasteiger charge is -2.38. The van der Waals surface area contributed by atoms with Crippen LogP contribution in [0.1, 0.15) is 40.0 Å². The molecule has 1 aliphatic carbocycles. The number of hydrogen-bond donors (Lipinski definition) is 1. The largest absolute Gasteiger partial charge is 0.302 e. The lowest BCUT2D eigenvalue weighted by atomic mass is 9.72. The number of para-hydroxylation sites is 1. The molecule has 0 aromatic heterocycles. The second-order valence-corrected chi connectivity index (χ2v) is 6.58. The van der Waals surface area contributed by atoms with Gasteiger partial charge in [0.05, 0.1) is 11.2 Å². The third-order valence-electron chi connectivity index (χ3n) is 4.91. The van der Waals surface area contributed by atoms with Crippen molar-refractivity contribution >= 4 is 5.69 Å². The van der Waals surface area contributed by atoms with Crippen molar-refractivity contribution in [3.63, 3.8) is 0 Å². The highest BCUT2D eigenvalue weighted by molar-refractivity contribution is 5.49. The SMILES string of the molecule is C[C@@H]1CC[C@H]2[C@@H](C1)NN(c1ccccc1)C2(C)C. The second-order valence-electron chi connectivity index (χ2n) is 6.58. The molecule has 3 atom stereocenters. The summed E-state index contributed by atoms with van der Waals surface area (Å²) in [7, 11) is 0. The monoisotopic (exact) mass is 244 g/mol. The molecule has 0 bridgehead atoms. The molecule has 1 N–H and O–H groups in total. The van der Waals surface area contributed by atoms with Crippen LogP contribution in [0.25, 0.3) is 0 Å². The molecule has 2 heteroatoms. The van der Waals surface area contributed by atoms with Crippen LogP contribution in [0.5, 0.6) is 0 Å². The quantitative estimate of drug-likeness (QED) is 0.812. The smallest absolute Gasteiger partial charge is 0.0551 e. The van der Waals surface area contributed by atoms with Crippen LogP contribution in [-0.2, 0) is 0 Å². The summed E-state index contributed by atoms with van der Waals surface area (Å²) in [5.74, 6) is 1.64. The fourth-order valence-corrected chi connectivity index (χ4v) is 3.85. The van der Waals surface area contributed by atoms with Crippen LogP contribution in [0.2, 0.25) is 0 Å². The van der Waals surface area contributed by atoms with Gasteiger partial charge < -0.3 is 5.01 Å². The zero-order valence-corrected chi connectivity index (χ0v) is 11.7. The van der Waals surface area contributed by atoms with Crippen LogP contribution in [0.15, 0.2) is 30.3 Å². The lowest BCUT2D eigenvalue weighted by molar-refractivity contribution is 0.219. The molecular formula is C16H24N2. The van der Waals surface area contributed by atoms with Crippen molar-refractivity contribution in [2.75, 3.05) is 5.01 Å². The van der Waals surface area contributed by atoms with Crippen LogP contribution >= 0.6 is 0 Å². The minimum Gasteiger partial charge on any atom is -0.302 e. The summed E-state index contributed by atoms with van der Waals surface area (Å²) >= 11 is 0. The minimum atomic E-state index is 0.214. The van der Waals surface area contributed by atoms with Crippen molar-refractivity contribution in [3.8, 4) is 0 Å². The Bertz CT molecular complexity index is 412. The van der Waals surface area contributed by atoms with Gasteiger partial charge >= 0.3 is 0 Å². The zero-order chi connectivity index (χ0) is 12.8. The van der Waals surface area contributed by atoms with Gasteiger partial charge in [-0.15, -0.1) is 0 Å². The van der Waals surface area contributed by atoms with E-state index in [4.69, 9.17) is 0 Å². The van der Waals surface area contributed by atoms with Crippen LogP contribution in [0.4, 0.5) is 5.69 Å². The topological polar surface area (TPSA) is 15.3 Å². The predicted molar refractivity (Wildman–Crippen MR) is 76.4 cm³/mol. The lowest BCUT2D eigenvalue weighted by Crippen LogP contribution is -2.46. The number of hydrogen-bond acceptors (Lipinski definition) is 2. The number of nitrogens with one attached hydrogen (secondary N) is 1. The van der Waals surface area contributed by atoms with E-state index in [9.17, 15) is 0 Å². The Morgan fingerprint density at radius 3 is 2.61 bits per heavy atom. The molecule has 2 aliphatic rings. The highest BCUT2D eigenvalue weighted by atomic mass is 15.6. The molecule has 1 aromatic carbocycles. The van der Waals surface area contributed by atoms with Crippen LogP contribution in [0.3, 0.4) is 0 Å². The molecule has 2 fully saturated rings. The highest BCUT2D eigenvalue weighted by Gasteiger charge is 2.49. The summed E-state index contributed by atoms with van der Waals surface area (Å²) in [5, 5.41) is 2.40. The van der Waals surface area contributed by atoms with Crippen molar-refractivity contribution < 1.29 is 0 Å². The summed E-state index contributed by atoms with van der Waals surface area (Å²) in [4.78, 5) is 0. The van der Waals surface area contributed by atoms with E-state index >= 15 is 0 Å². The molecule has 1 saturated carbocycles. The standard InChI is InChI=1S/C16H24N2/c1-12-9-10-14-15(11-12)17-18(16(14,2)3)13-7-5-4-6-8-13/h4-8,12,14-15,17H,9-11H2,1-3H3/t12-,14+,15-/m1/s1. The molecule has 0 unspecified atom stereocenters. The van der Waals surface area contributed by atoms with Gasteiger partial charge in [-0.3, -0.25) is 0 Å². The van der Waals surface area contributed by atoms with E-state index in [1.807, 2.05) is 0 Å². The number of benzene rings is 1. The number of anilines is 1. The van der Waals surface area contributed by atoms with Gasteiger partial charge in [-0.05, 0) is 44.7 Å². The first-order chi connectivity index (χ1) is 8.59. The molecule has 1 aliphatic heterocycles. The summed E-state index contributed by atoms with van der Waals surface area (Å²) in [6.45, 7) is 7.15. The van der Waals surface area contributed by atoms with Gasteiger partial charge in [-0.2, -0.15) is 0 Å². The van der Waals surface area contributed by atoms with E-state index in [0.717, 1.165) is 11.8 Å². The first kappa shape index (κ1) is 12.0. The van der Waals surface area contributed by atoms with Gasteiger partial charge in [0.15, 0.2) is 0 Å². The van der Waals surface area contributed by atoms with Gasteiger partial charge in [-0.1, -0.05) is 31.5 Å². The van der Waals surface area contributed by atoms with Crippen LogP contribution in [0, 0.1) is 11.8 Å². The van der Waals surface area contributed by atoms with Crippen molar-refractivity contribution in [2.45, 2.75) is 51.6 Å². The van der Waals surface area contributed by atoms with E-state index in [-0.39, 0.29) is 5.54 Å². The number of fused-ring (bicyclic) bond motifs is 1. The molecule has 18 heavy (non-hydrogen) atoms. The zero-order valence-electron chi connectivity index (χ0n) is 11.7. The van der Waals surface area contributed by atoms with Crippen LogP contribution < -0.4 is 10.4 Å². The van der Waals surface area contributed by atoms with E-state index in [0.29, 0.717) is 6.04 Å². The Labute approximate surface area is 110 Å². The Hall–Kier alpha value is -1.02. The fourth-order valence-electron chi connectivity index (χ4n) is 3.85. The number of nitrogens with zero attached hydrogens (tertiary/aromatic N) is 1. The van der Waals surface area contributed by atoms with Crippen molar-refractivity contribution in [2.24, 2.45) is 11.8 Å². The predicted octanol–water partition coefficient (Wildman–Crippen LogP) is 3.59.